The summed E-state index contributed by atoms with van der Waals surface area (Å²) in [5, 5.41) is 16.6. The molecule has 1 unspecified atom stereocenters. The standard InChI is InChI=1S/C19H18ClN3OS/c1-19(2)10-16(15-7-6-13(20)9-17(15)24-19)23-18(25)22-14-5-3-4-12(8-14)11-21/h3-9,16H,10H2,1-2H3,(H2,22,23,25). The van der Waals surface area contributed by atoms with E-state index in [1.54, 1.807) is 12.1 Å². The topological polar surface area (TPSA) is 57.1 Å². The van der Waals surface area contributed by atoms with Crippen molar-refractivity contribution in [3.63, 3.8) is 0 Å². The lowest BCUT2D eigenvalue weighted by molar-refractivity contribution is 0.0697. The second-order valence-electron chi connectivity index (χ2n) is 6.59. The second-order valence-corrected chi connectivity index (χ2v) is 7.44. The van der Waals surface area contributed by atoms with Gasteiger partial charge in [-0.1, -0.05) is 23.7 Å². The first kappa shape index (κ1) is 17.5. The molecule has 0 fully saturated rings. The summed E-state index contributed by atoms with van der Waals surface area (Å²) in [6.07, 6.45) is 0.766. The van der Waals surface area contributed by atoms with Crippen molar-refractivity contribution in [2.45, 2.75) is 31.9 Å². The molecule has 2 aromatic rings. The van der Waals surface area contributed by atoms with Crippen LogP contribution < -0.4 is 15.4 Å². The van der Waals surface area contributed by atoms with Crippen molar-refractivity contribution in [3.8, 4) is 11.8 Å². The monoisotopic (exact) mass is 371 g/mol. The Hall–Kier alpha value is -2.29. The van der Waals surface area contributed by atoms with E-state index in [0.717, 1.165) is 23.4 Å². The van der Waals surface area contributed by atoms with Crippen molar-refractivity contribution in [1.82, 2.24) is 5.32 Å². The lowest BCUT2D eigenvalue weighted by atomic mass is 9.90. The van der Waals surface area contributed by atoms with Gasteiger partial charge in [-0.05, 0) is 56.4 Å². The van der Waals surface area contributed by atoms with Gasteiger partial charge in [0.1, 0.15) is 11.4 Å². The Morgan fingerprint density at radius 1 is 1.32 bits per heavy atom. The molecule has 1 aliphatic rings. The predicted octanol–water partition coefficient (Wildman–Crippen LogP) is 4.80. The molecule has 0 aromatic heterocycles. The first-order valence-corrected chi connectivity index (χ1v) is 8.71. The molecule has 1 atom stereocenters. The first-order chi connectivity index (χ1) is 11.9. The van der Waals surface area contributed by atoms with Crippen molar-refractivity contribution in [2.75, 3.05) is 5.32 Å². The fraction of sp³-hybridized carbons (Fsp3) is 0.263. The van der Waals surface area contributed by atoms with Crippen molar-refractivity contribution < 1.29 is 4.74 Å². The number of rotatable bonds is 2. The number of benzene rings is 2. The highest BCUT2D eigenvalue weighted by Gasteiger charge is 2.34. The average molecular weight is 372 g/mol. The van der Waals surface area contributed by atoms with E-state index in [2.05, 4.69) is 16.7 Å². The molecule has 2 aromatic carbocycles. The van der Waals surface area contributed by atoms with Gasteiger partial charge in [0.05, 0.1) is 17.7 Å². The maximum atomic E-state index is 9.00. The van der Waals surface area contributed by atoms with Gasteiger partial charge in [-0.2, -0.15) is 5.26 Å². The van der Waals surface area contributed by atoms with E-state index in [-0.39, 0.29) is 11.6 Å². The number of nitrogens with one attached hydrogen (secondary N) is 2. The predicted molar refractivity (Wildman–Crippen MR) is 104 cm³/mol. The second kappa shape index (κ2) is 6.91. The maximum Gasteiger partial charge on any atom is 0.171 e. The Labute approximate surface area is 157 Å². The molecule has 0 spiro atoms. The lowest BCUT2D eigenvalue weighted by Gasteiger charge is -2.38. The van der Waals surface area contributed by atoms with Crippen LogP contribution in [0.3, 0.4) is 0 Å². The first-order valence-electron chi connectivity index (χ1n) is 7.92. The summed E-state index contributed by atoms with van der Waals surface area (Å²) in [4.78, 5) is 0. The van der Waals surface area contributed by atoms with Gasteiger partial charge in [-0.3, -0.25) is 0 Å². The molecular weight excluding hydrogens is 354 g/mol. The molecule has 0 saturated carbocycles. The Morgan fingerprint density at radius 2 is 2.12 bits per heavy atom. The van der Waals surface area contributed by atoms with Gasteiger partial charge in [0.15, 0.2) is 5.11 Å². The highest BCUT2D eigenvalue weighted by atomic mass is 35.5. The fourth-order valence-corrected chi connectivity index (χ4v) is 3.37. The molecule has 4 nitrogen and oxygen atoms in total. The van der Waals surface area contributed by atoms with Gasteiger partial charge >= 0.3 is 0 Å². The zero-order valence-corrected chi connectivity index (χ0v) is 15.5. The highest BCUT2D eigenvalue weighted by Crippen LogP contribution is 2.40. The van der Waals surface area contributed by atoms with E-state index in [4.69, 9.17) is 33.8 Å². The van der Waals surface area contributed by atoms with Crippen molar-refractivity contribution >= 4 is 34.6 Å². The number of hydrogen-bond donors (Lipinski definition) is 2. The summed E-state index contributed by atoms with van der Waals surface area (Å²) in [5.74, 6) is 0.774. The number of hydrogen-bond acceptors (Lipinski definition) is 3. The summed E-state index contributed by atoms with van der Waals surface area (Å²) < 4.78 is 6.04. The Kier molecular flexibility index (Phi) is 4.85. The van der Waals surface area contributed by atoms with Gasteiger partial charge in [-0.25, -0.2) is 0 Å². The van der Waals surface area contributed by atoms with Gasteiger partial charge < -0.3 is 15.4 Å². The van der Waals surface area contributed by atoms with E-state index in [9.17, 15) is 0 Å². The molecule has 0 saturated heterocycles. The van der Waals surface area contributed by atoms with Crippen LogP contribution in [-0.4, -0.2) is 10.7 Å². The molecule has 6 heteroatoms. The van der Waals surface area contributed by atoms with Crippen molar-refractivity contribution in [1.29, 1.82) is 5.26 Å². The van der Waals surface area contributed by atoms with Crippen molar-refractivity contribution in [2.24, 2.45) is 0 Å². The molecule has 1 aliphatic heterocycles. The number of ether oxygens (including phenoxy) is 1. The summed E-state index contributed by atoms with van der Waals surface area (Å²) in [6.45, 7) is 4.08. The van der Waals surface area contributed by atoms with Crippen LogP contribution in [0.1, 0.15) is 37.4 Å². The molecule has 0 amide bonds. The zero-order valence-electron chi connectivity index (χ0n) is 14.0. The summed E-state index contributed by atoms with van der Waals surface area (Å²) >= 11 is 11.5. The van der Waals surface area contributed by atoms with Crippen molar-refractivity contribution in [3.05, 3.63) is 58.6 Å². The minimum Gasteiger partial charge on any atom is -0.487 e. The van der Waals surface area contributed by atoms with E-state index < -0.39 is 0 Å². The molecule has 1 heterocycles. The van der Waals surface area contributed by atoms with E-state index in [1.165, 1.54) is 0 Å². The number of halogens is 1. The molecule has 0 aliphatic carbocycles. The third-order valence-electron chi connectivity index (χ3n) is 3.99. The van der Waals surface area contributed by atoms with Gasteiger partial charge in [-0.15, -0.1) is 0 Å². The number of nitrogens with zero attached hydrogens (tertiary/aromatic N) is 1. The summed E-state index contributed by atoms with van der Waals surface area (Å²) in [5.41, 5.74) is 2.06. The maximum absolute atomic E-state index is 9.00. The van der Waals surface area contributed by atoms with Gasteiger partial charge in [0, 0.05) is 22.7 Å². The van der Waals surface area contributed by atoms with Crippen LogP contribution in [0, 0.1) is 11.3 Å². The smallest absolute Gasteiger partial charge is 0.171 e. The lowest BCUT2D eigenvalue weighted by Crippen LogP contribution is -2.42. The minimum absolute atomic E-state index is 0.00941. The third kappa shape index (κ3) is 4.22. The van der Waals surface area contributed by atoms with Crippen LogP contribution in [0.5, 0.6) is 5.75 Å². The molecule has 2 N–H and O–H groups in total. The molecular formula is C19H18ClN3OS. The quantitative estimate of drug-likeness (QED) is 0.742. The average Bonchev–Trinajstić information content (AvgIpc) is 2.53. The molecule has 128 valence electrons. The Balaban J connectivity index is 1.78. The van der Waals surface area contributed by atoms with Crippen LogP contribution in [0.25, 0.3) is 0 Å². The van der Waals surface area contributed by atoms with E-state index >= 15 is 0 Å². The molecule has 3 rings (SSSR count). The largest absolute Gasteiger partial charge is 0.487 e. The van der Waals surface area contributed by atoms with Crippen LogP contribution in [-0.2, 0) is 0 Å². The molecule has 25 heavy (non-hydrogen) atoms. The van der Waals surface area contributed by atoms with Crippen LogP contribution >= 0.6 is 23.8 Å². The summed E-state index contributed by atoms with van der Waals surface area (Å²) in [7, 11) is 0. The number of anilines is 1. The summed E-state index contributed by atoms with van der Waals surface area (Å²) in [6, 6.07) is 15.0. The molecule has 0 radical (unpaired) electrons. The normalized spacial score (nSPS) is 17.6. The van der Waals surface area contributed by atoms with Crippen LogP contribution in [0.2, 0.25) is 5.02 Å². The SMILES string of the molecule is CC1(C)CC(NC(=S)Nc2cccc(C#N)c2)c2ccc(Cl)cc2O1. The fourth-order valence-electron chi connectivity index (χ4n) is 2.95. The Bertz CT molecular complexity index is 860. The van der Waals surface area contributed by atoms with E-state index in [1.807, 2.05) is 44.2 Å². The third-order valence-corrected chi connectivity index (χ3v) is 4.44. The number of fused-ring (bicyclic) bond motifs is 1. The van der Waals surface area contributed by atoms with Gasteiger partial charge in [0.2, 0.25) is 0 Å². The van der Waals surface area contributed by atoms with Crippen LogP contribution in [0.15, 0.2) is 42.5 Å². The molecule has 0 bridgehead atoms. The van der Waals surface area contributed by atoms with Crippen LogP contribution in [0.4, 0.5) is 5.69 Å². The van der Waals surface area contributed by atoms with E-state index in [0.29, 0.717) is 15.7 Å². The highest BCUT2D eigenvalue weighted by molar-refractivity contribution is 7.80. The zero-order chi connectivity index (χ0) is 18.0. The minimum atomic E-state index is -0.328. The Morgan fingerprint density at radius 3 is 2.88 bits per heavy atom. The number of nitriles is 1. The number of thiocarbonyl (C=S) groups is 1. The van der Waals surface area contributed by atoms with Gasteiger partial charge in [0.25, 0.3) is 0 Å².